The van der Waals surface area contributed by atoms with Crippen LogP contribution in [0.1, 0.15) is 13.8 Å². The zero-order chi connectivity index (χ0) is 19.1. The Morgan fingerprint density at radius 3 is 2.54 bits per heavy atom. The lowest BCUT2D eigenvalue weighted by Crippen LogP contribution is -2.53. The molecule has 0 radical (unpaired) electrons. The molecule has 0 bridgehead atoms. The Kier molecular flexibility index (Phi) is 8.75. The van der Waals surface area contributed by atoms with E-state index in [0.29, 0.717) is 13.1 Å². The molecule has 0 unspecified atom stereocenters. The van der Waals surface area contributed by atoms with Gasteiger partial charge in [-0.25, -0.2) is 4.98 Å². The highest BCUT2D eigenvalue weighted by Crippen LogP contribution is 2.14. The highest BCUT2D eigenvalue weighted by atomic mass is 127. The molecule has 2 aromatic rings. The van der Waals surface area contributed by atoms with Gasteiger partial charge in [0.25, 0.3) is 0 Å². The van der Waals surface area contributed by atoms with Crippen LogP contribution in [0.3, 0.4) is 0 Å². The number of carbonyl (C=O) groups excluding carboxylic acids is 1. The molecule has 1 aliphatic rings. The maximum Gasteiger partial charge on any atom is 0.219 e. The normalized spacial score (nSPS) is 14.6. The summed E-state index contributed by atoms with van der Waals surface area (Å²) in [6.07, 6.45) is 0. The third kappa shape index (κ3) is 5.95. The summed E-state index contributed by atoms with van der Waals surface area (Å²) in [6.45, 7) is 9.01. The zero-order valence-corrected chi connectivity index (χ0v) is 18.8. The molecule has 0 spiro atoms. The molecule has 1 aromatic heterocycles. The molecule has 3 rings (SSSR count). The standard InChI is InChI=1S/C20H28N6O.HI/c1-3-21-20(26-14-12-25(13-15-26)16(2)27)23-11-10-22-19-9-8-17-6-4-5-7-18(17)24-19;/h4-9H,3,10-15H2,1-2H3,(H,21,23)(H,22,24);1H. The van der Waals surface area contributed by atoms with Gasteiger partial charge in [-0.2, -0.15) is 0 Å². The third-order valence-corrected chi connectivity index (χ3v) is 4.64. The van der Waals surface area contributed by atoms with E-state index in [0.717, 1.165) is 55.4 Å². The lowest BCUT2D eigenvalue weighted by molar-refractivity contribution is -0.130. The van der Waals surface area contributed by atoms with Crippen molar-refractivity contribution in [2.75, 3.05) is 51.1 Å². The third-order valence-electron chi connectivity index (χ3n) is 4.64. The summed E-state index contributed by atoms with van der Waals surface area (Å²) >= 11 is 0. The number of amides is 1. The molecule has 7 nitrogen and oxygen atoms in total. The number of benzene rings is 1. The van der Waals surface area contributed by atoms with Crippen molar-refractivity contribution in [2.24, 2.45) is 4.99 Å². The van der Waals surface area contributed by atoms with Gasteiger partial charge in [0.1, 0.15) is 5.82 Å². The molecule has 8 heteroatoms. The van der Waals surface area contributed by atoms with Crippen molar-refractivity contribution in [3.63, 3.8) is 0 Å². The second kappa shape index (κ2) is 11.0. The first-order valence-corrected chi connectivity index (χ1v) is 9.56. The summed E-state index contributed by atoms with van der Waals surface area (Å²) in [5.74, 6) is 1.92. The van der Waals surface area contributed by atoms with Gasteiger partial charge in [0, 0.05) is 51.6 Å². The quantitative estimate of drug-likeness (QED) is 0.288. The number of carbonyl (C=O) groups is 1. The first-order chi connectivity index (χ1) is 13.2. The molecule has 0 atom stereocenters. The number of halogens is 1. The Balaban J connectivity index is 0.00000280. The van der Waals surface area contributed by atoms with Crippen molar-refractivity contribution in [2.45, 2.75) is 13.8 Å². The molecule has 28 heavy (non-hydrogen) atoms. The fourth-order valence-electron chi connectivity index (χ4n) is 3.17. The predicted molar refractivity (Wildman–Crippen MR) is 125 cm³/mol. The number of hydrogen-bond acceptors (Lipinski definition) is 4. The predicted octanol–water partition coefficient (Wildman–Crippen LogP) is 2.39. The number of pyridine rings is 1. The molecule has 1 aromatic carbocycles. The summed E-state index contributed by atoms with van der Waals surface area (Å²) in [5, 5.41) is 7.83. The summed E-state index contributed by atoms with van der Waals surface area (Å²) in [5.41, 5.74) is 0.989. The minimum atomic E-state index is 0. The van der Waals surface area contributed by atoms with E-state index in [4.69, 9.17) is 4.99 Å². The Hall–Kier alpha value is -2.10. The van der Waals surface area contributed by atoms with Crippen molar-refractivity contribution in [3.8, 4) is 0 Å². The molecular formula is C20H29IN6O. The zero-order valence-electron chi connectivity index (χ0n) is 16.5. The number of anilines is 1. The number of nitrogens with zero attached hydrogens (tertiary/aromatic N) is 4. The number of aliphatic imine (C=N–C) groups is 1. The van der Waals surface area contributed by atoms with Gasteiger partial charge >= 0.3 is 0 Å². The number of piperazine rings is 1. The topological polar surface area (TPSA) is 72.9 Å². The SMILES string of the molecule is CCNC(=NCCNc1ccc2ccccc2n1)N1CCN(C(C)=O)CC1.I. The van der Waals surface area contributed by atoms with Crippen LogP contribution in [0.25, 0.3) is 10.9 Å². The van der Waals surface area contributed by atoms with Gasteiger partial charge in [0.05, 0.1) is 12.1 Å². The highest BCUT2D eigenvalue weighted by Gasteiger charge is 2.20. The highest BCUT2D eigenvalue weighted by molar-refractivity contribution is 14.0. The van der Waals surface area contributed by atoms with Crippen LogP contribution in [0.4, 0.5) is 5.82 Å². The van der Waals surface area contributed by atoms with Crippen LogP contribution in [0, 0.1) is 0 Å². The van der Waals surface area contributed by atoms with Gasteiger partial charge in [-0.3, -0.25) is 9.79 Å². The fraction of sp³-hybridized carbons (Fsp3) is 0.450. The minimum absolute atomic E-state index is 0. The number of nitrogens with one attached hydrogen (secondary N) is 2. The van der Waals surface area contributed by atoms with Crippen LogP contribution in [-0.2, 0) is 4.79 Å². The Labute approximate surface area is 183 Å². The second-order valence-corrected chi connectivity index (χ2v) is 6.54. The monoisotopic (exact) mass is 496 g/mol. The van der Waals surface area contributed by atoms with Gasteiger partial charge in [-0.05, 0) is 25.1 Å². The molecule has 1 amide bonds. The smallest absolute Gasteiger partial charge is 0.219 e. The lowest BCUT2D eigenvalue weighted by atomic mass is 10.2. The average Bonchev–Trinajstić information content (AvgIpc) is 2.70. The van der Waals surface area contributed by atoms with Crippen molar-refractivity contribution in [3.05, 3.63) is 36.4 Å². The molecule has 0 saturated carbocycles. The lowest BCUT2D eigenvalue weighted by Gasteiger charge is -2.36. The van der Waals surface area contributed by atoms with E-state index in [1.807, 2.05) is 29.2 Å². The van der Waals surface area contributed by atoms with Crippen molar-refractivity contribution in [1.82, 2.24) is 20.1 Å². The van der Waals surface area contributed by atoms with Crippen LogP contribution in [0.15, 0.2) is 41.4 Å². The Bertz CT molecular complexity index is 804. The van der Waals surface area contributed by atoms with E-state index in [-0.39, 0.29) is 29.9 Å². The van der Waals surface area contributed by atoms with E-state index < -0.39 is 0 Å². The van der Waals surface area contributed by atoms with E-state index >= 15 is 0 Å². The summed E-state index contributed by atoms with van der Waals surface area (Å²) in [4.78, 5) is 24.9. The first kappa shape index (κ1) is 22.2. The van der Waals surface area contributed by atoms with Crippen LogP contribution < -0.4 is 10.6 Å². The Morgan fingerprint density at radius 1 is 1.11 bits per heavy atom. The van der Waals surface area contributed by atoms with Gasteiger partial charge < -0.3 is 20.4 Å². The maximum atomic E-state index is 11.5. The first-order valence-electron chi connectivity index (χ1n) is 9.56. The molecule has 1 saturated heterocycles. The molecule has 2 heterocycles. The minimum Gasteiger partial charge on any atom is -0.368 e. The summed E-state index contributed by atoms with van der Waals surface area (Å²) in [6, 6.07) is 12.2. The number of aromatic nitrogens is 1. The van der Waals surface area contributed by atoms with Crippen molar-refractivity contribution >= 4 is 52.6 Å². The average molecular weight is 496 g/mol. The molecule has 1 fully saturated rings. The van der Waals surface area contributed by atoms with Gasteiger partial charge in [-0.15, -0.1) is 24.0 Å². The molecular weight excluding hydrogens is 467 g/mol. The molecule has 0 aliphatic carbocycles. The molecule has 152 valence electrons. The van der Waals surface area contributed by atoms with Crippen molar-refractivity contribution in [1.29, 1.82) is 0 Å². The van der Waals surface area contributed by atoms with Crippen LogP contribution in [0.5, 0.6) is 0 Å². The van der Waals surface area contributed by atoms with Gasteiger partial charge in [-0.1, -0.05) is 18.2 Å². The molecule has 2 N–H and O–H groups in total. The van der Waals surface area contributed by atoms with Gasteiger partial charge in [0.2, 0.25) is 5.91 Å². The second-order valence-electron chi connectivity index (χ2n) is 6.54. The number of fused-ring (bicyclic) bond motifs is 1. The number of rotatable bonds is 5. The number of guanidine groups is 1. The van der Waals surface area contributed by atoms with Crippen molar-refractivity contribution < 1.29 is 4.79 Å². The summed E-state index contributed by atoms with van der Waals surface area (Å²) in [7, 11) is 0. The largest absolute Gasteiger partial charge is 0.368 e. The fourth-order valence-corrected chi connectivity index (χ4v) is 3.17. The van der Waals surface area contributed by atoms with E-state index in [2.05, 4.69) is 39.6 Å². The van der Waals surface area contributed by atoms with Crippen LogP contribution in [-0.4, -0.2) is 72.5 Å². The number of para-hydroxylation sites is 1. The number of hydrogen-bond donors (Lipinski definition) is 2. The summed E-state index contributed by atoms with van der Waals surface area (Å²) < 4.78 is 0. The van der Waals surface area contributed by atoms with Crippen LogP contribution >= 0.6 is 24.0 Å². The van der Waals surface area contributed by atoms with E-state index in [9.17, 15) is 4.79 Å². The van der Waals surface area contributed by atoms with Gasteiger partial charge in [0.15, 0.2) is 5.96 Å². The Morgan fingerprint density at radius 2 is 1.82 bits per heavy atom. The van der Waals surface area contributed by atoms with E-state index in [1.54, 1.807) is 6.92 Å². The maximum absolute atomic E-state index is 11.5. The molecule has 1 aliphatic heterocycles. The van der Waals surface area contributed by atoms with E-state index in [1.165, 1.54) is 0 Å². The van der Waals surface area contributed by atoms with Crippen LogP contribution in [0.2, 0.25) is 0 Å².